The zero-order valence-electron chi connectivity index (χ0n) is 12.6. The first-order valence-electron chi connectivity index (χ1n) is 6.76. The molecular weight excluding hydrogens is 355 g/mol. The van der Waals surface area contributed by atoms with Crippen LogP contribution in [0.2, 0.25) is 10.0 Å². The predicted molar refractivity (Wildman–Crippen MR) is 92.8 cm³/mol. The van der Waals surface area contributed by atoms with Gasteiger partial charge in [0.05, 0.1) is 18.4 Å². The van der Waals surface area contributed by atoms with Gasteiger partial charge in [0.25, 0.3) is 5.91 Å². The van der Waals surface area contributed by atoms with E-state index in [0.29, 0.717) is 21.5 Å². The Labute approximate surface area is 148 Å². The van der Waals surface area contributed by atoms with E-state index in [0.717, 1.165) is 0 Å². The zero-order chi connectivity index (χ0) is 17.7. The van der Waals surface area contributed by atoms with Gasteiger partial charge in [0.15, 0.2) is 6.61 Å². The summed E-state index contributed by atoms with van der Waals surface area (Å²) in [7, 11) is 1.46. The van der Waals surface area contributed by atoms with Gasteiger partial charge in [-0.3, -0.25) is 4.79 Å². The molecule has 126 valence electrons. The van der Waals surface area contributed by atoms with Gasteiger partial charge in [-0.2, -0.15) is 0 Å². The minimum absolute atomic E-state index is 0.0932. The SMILES string of the molecule is COc1ccc(Cl)cc1NC(=O)COC(=O)c1cc(Cl)ccc1N. The Morgan fingerprint density at radius 2 is 1.79 bits per heavy atom. The average molecular weight is 369 g/mol. The molecule has 0 aromatic heterocycles. The molecule has 6 nitrogen and oxygen atoms in total. The number of rotatable bonds is 5. The van der Waals surface area contributed by atoms with Gasteiger partial charge in [-0.05, 0) is 36.4 Å². The van der Waals surface area contributed by atoms with Crippen LogP contribution in [-0.4, -0.2) is 25.6 Å². The highest BCUT2D eigenvalue weighted by atomic mass is 35.5. The van der Waals surface area contributed by atoms with Crippen LogP contribution < -0.4 is 15.8 Å². The number of carbonyl (C=O) groups is 2. The van der Waals surface area contributed by atoms with Crippen molar-refractivity contribution in [2.45, 2.75) is 0 Å². The summed E-state index contributed by atoms with van der Waals surface area (Å²) in [5, 5.41) is 3.32. The topological polar surface area (TPSA) is 90.6 Å². The third kappa shape index (κ3) is 4.53. The van der Waals surface area contributed by atoms with Crippen molar-refractivity contribution < 1.29 is 19.1 Å². The molecule has 0 aliphatic rings. The van der Waals surface area contributed by atoms with Crippen molar-refractivity contribution in [3.63, 3.8) is 0 Å². The zero-order valence-corrected chi connectivity index (χ0v) is 14.1. The van der Waals surface area contributed by atoms with Crippen molar-refractivity contribution in [2.75, 3.05) is 24.8 Å². The number of amides is 1. The standard InChI is InChI=1S/C16H14Cl2N2O4/c1-23-14-5-3-10(18)7-13(14)20-15(21)8-24-16(22)11-6-9(17)2-4-12(11)19/h2-7H,8,19H2,1H3,(H,20,21). The van der Waals surface area contributed by atoms with Crippen LogP contribution in [0, 0.1) is 0 Å². The first-order valence-corrected chi connectivity index (χ1v) is 7.52. The van der Waals surface area contributed by atoms with Crippen LogP contribution in [0.4, 0.5) is 11.4 Å². The van der Waals surface area contributed by atoms with E-state index < -0.39 is 18.5 Å². The summed E-state index contributed by atoms with van der Waals surface area (Å²) in [6.07, 6.45) is 0. The lowest BCUT2D eigenvalue weighted by molar-refractivity contribution is -0.119. The van der Waals surface area contributed by atoms with E-state index in [4.69, 9.17) is 38.4 Å². The van der Waals surface area contributed by atoms with Gasteiger partial charge in [-0.25, -0.2) is 4.79 Å². The predicted octanol–water partition coefficient (Wildman–Crippen LogP) is 3.38. The number of nitrogens with two attached hydrogens (primary N) is 1. The number of nitrogens with one attached hydrogen (secondary N) is 1. The summed E-state index contributed by atoms with van der Waals surface area (Å²) in [5.74, 6) is -0.870. The quantitative estimate of drug-likeness (QED) is 0.623. The molecule has 2 rings (SSSR count). The number of esters is 1. The molecule has 0 saturated carbocycles. The number of hydrogen-bond donors (Lipinski definition) is 2. The van der Waals surface area contributed by atoms with Gasteiger partial charge in [-0.1, -0.05) is 23.2 Å². The van der Waals surface area contributed by atoms with Gasteiger partial charge < -0.3 is 20.5 Å². The Morgan fingerprint density at radius 1 is 1.12 bits per heavy atom. The fourth-order valence-corrected chi connectivity index (χ4v) is 2.22. The number of carbonyl (C=O) groups excluding carboxylic acids is 2. The normalized spacial score (nSPS) is 10.1. The molecule has 2 aromatic rings. The van der Waals surface area contributed by atoms with Crippen LogP contribution >= 0.6 is 23.2 Å². The number of ether oxygens (including phenoxy) is 2. The molecular formula is C16H14Cl2N2O4. The maximum atomic E-state index is 12.0. The number of methoxy groups -OCH3 is 1. The van der Waals surface area contributed by atoms with Crippen molar-refractivity contribution in [3.05, 3.63) is 52.0 Å². The third-order valence-electron chi connectivity index (χ3n) is 3.01. The molecule has 0 aliphatic carbocycles. The molecule has 2 aromatic carbocycles. The van der Waals surface area contributed by atoms with Crippen molar-refractivity contribution in [1.29, 1.82) is 0 Å². The highest BCUT2D eigenvalue weighted by molar-refractivity contribution is 6.31. The van der Waals surface area contributed by atoms with Crippen molar-refractivity contribution in [2.24, 2.45) is 0 Å². The second-order valence-corrected chi connectivity index (χ2v) is 5.57. The molecule has 8 heteroatoms. The summed E-state index contributed by atoms with van der Waals surface area (Å²) < 4.78 is 10.1. The van der Waals surface area contributed by atoms with E-state index in [9.17, 15) is 9.59 Å². The average Bonchev–Trinajstić information content (AvgIpc) is 2.55. The van der Waals surface area contributed by atoms with Crippen molar-refractivity contribution >= 4 is 46.5 Å². The molecule has 0 radical (unpaired) electrons. The van der Waals surface area contributed by atoms with E-state index in [1.807, 2.05) is 0 Å². The van der Waals surface area contributed by atoms with Crippen LogP contribution in [0.5, 0.6) is 5.75 Å². The summed E-state index contributed by atoms with van der Waals surface area (Å²) in [4.78, 5) is 23.9. The number of anilines is 2. The first-order chi connectivity index (χ1) is 11.4. The van der Waals surface area contributed by atoms with E-state index in [1.54, 1.807) is 18.2 Å². The van der Waals surface area contributed by atoms with E-state index in [-0.39, 0.29) is 11.3 Å². The number of nitrogen functional groups attached to an aromatic ring is 1. The first kappa shape index (κ1) is 17.9. The van der Waals surface area contributed by atoms with Crippen LogP contribution in [0.3, 0.4) is 0 Å². The van der Waals surface area contributed by atoms with E-state index in [1.165, 1.54) is 25.3 Å². The van der Waals surface area contributed by atoms with Crippen LogP contribution in [0.15, 0.2) is 36.4 Å². The maximum Gasteiger partial charge on any atom is 0.340 e. The smallest absolute Gasteiger partial charge is 0.340 e. The second-order valence-electron chi connectivity index (χ2n) is 4.70. The van der Waals surface area contributed by atoms with Crippen LogP contribution in [-0.2, 0) is 9.53 Å². The highest BCUT2D eigenvalue weighted by Gasteiger charge is 2.15. The highest BCUT2D eigenvalue weighted by Crippen LogP contribution is 2.27. The Morgan fingerprint density at radius 3 is 2.50 bits per heavy atom. The monoisotopic (exact) mass is 368 g/mol. The lowest BCUT2D eigenvalue weighted by atomic mass is 10.2. The summed E-state index contributed by atoms with van der Waals surface area (Å²) in [5.41, 5.74) is 6.36. The van der Waals surface area contributed by atoms with Gasteiger partial charge in [-0.15, -0.1) is 0 Å². The molecule has 1 amide bonds. The Hall–Kier alpha value is -2.44. The number of hydrogen-bond acceptors (Lipinski definition) is 5. The molecule has 0 heterocycles. The summed E-state index contributed by atoms with van der Waals surface area (Å²) in [6.45, 7) is -0.500. The Bertz CT molecular complexity index is 781. The molecule has 0 atom stereocenters. The summed E-state index contributed by atoms with van der Waals surface area (Å²) in [6, 6.07) is 9.16. The minimum Gasteiger partial charge on any atom is -0.495 e. The Balaban J connectivity index is 2.00. The van der Waals surface area contributed by atoms with Crippen molar-refractivity contribution in [3.8, 4) is 5.75 Å². The lowest BCUT2D eigenvalue weighted by Crippen LogP contribution is -2.21. The van der Waals surface area contributed by atoms with Gasteiger partial charge in [0.2, 0.25) is 0 Å². The molecule has 0 fully saturated rings. The molecule has 0 unspecified atom stereocenters. The van der Waals surface area contributed by atoms with Crippen molar-refractivity contribution in [1.82, 2.24) is 0 Å². The lowest BCUT2D eigenvalue weighted by Gasteiger charge is -2.11. The van der Waals surface area contributed by atoms with E-state index in [2.05, 4.69) is 5.32 Å². The largest absolute Gasteiger partial charge is 0.495 e. The third-order valence-corrected chi connectivity index (χ3v) is 3.48. The number of halogens is 2. The van der Waals surface area contributed by atoms with Gasteiger partial charge >= 0.3 is 5.97 Å². The Kier molecular flexibility index (Phi) is 5.89. The molecule has 0 saturated heterocycles. The van der Waals surface area contributed by atoms with Gasteiger partial charge in [0.1, 0.15) is 5.75 Å². The molecule has 0 aliphatic heterocycles. The molecule has 0 spiro atoms. The van der Waals surface area contributed by atoms with Gasteiger partial charge in [0, 0.05) is 15.7 Å². The maximum absolute atomic E-state index is 12.0. The molecule has 3 N–H and O–H groups in total. The molecule has 0 bridgehead atoms. The second kappa shape index (κ2) is 7.90. The minimum atomic E-state index is -0.747. The fourth-order valence-electron chi connectivity index (χ4n) is 1.88. The molecule has 24 heavy (non-hydrogen) atoms. The fraction of sp³-hybridized carbons (Fsp3) is 0.125. The van der Waals surface area contributed by atoms with Crippen LogP contribution in [0.1, 0.15) is 10.4 Å². The summed E-state index contributed by atoms with van der Waals surface area (Å²) >= 11 is 11.7. The van der Waals surface area contributed by atoms with E-state index >= 15 is 0 Å². The number of benzene rings is 2. The van der Waals surface area contributed by atoms with Crippen LogP contribution in [0.25, 0.3) is 0 Å².